The van der Waals surface area contributed by atoms with E-state index >= 15 is 0 Å². The van der Waals surface area contributed by atoms with Gasteiger partial charge in [-0.1, -0.05) is 23.9 Å². The molecule has 2 aliphatic heterocycles. The van der Waals surface area contributed by atoms with E-state index in [0.717, 1.165) is 38.4 Å². The Balaban J connectivity index is 1.52. The van der Waals surface area contributed by atoms with Gasteiger partial charge in [0.2, 0.25) is 0 Å². The van der Waals surface area contributed by atoms with Crippen molar-refractivity contribution in [2.45, 2.75) is 32.2 Å². The number of anilines is 1. The van der Waals surface area contributed by atoms with Crippen LogP contribution in [0.1, 0.15) is 25.3 Å². The number of carbonyl (C=O) groups excluding carboxylic acids is 1. The van der Waals surface area contributed by atoms with Gasteiger partial charge in [-0.3, -0.25) is 9.78 Å². The van der Waals surface area contributed by atoms with Crippen LogP contribution >= 0.6 is 11.8 Å². The van der Waals surface area contributed by atoms with E-state index in [9.17, 15) is 4.79 Å². The van der Waals surface area contributed by atoms with E-state index in [2.05, 4.69) is 33.0 Å². The zero-order chi connectivity index (χ0) is 17.2. The summed E-state index contributed by atoms with van der Waals surface area (Å²) in [5.74, 6) is 0.909. The predicted molar refractivity (Wildman–Crippen MR) is 105 cm³/mol. The van der Waals surface area contributed by atoms with Gasteiger partial charge in [-0.05, 0) is 37.4 Å². The predicted octanol–water partition coefficient (Wildman–Crippen LogP) is 3.34. The van der Waals surface area contributed by atoms with Gasteiger partial charge in [0.1, 0.15) is 0 Å². The van der Waals surface area contributed by atoms with Crippen LogP contribution in [0.15, 0.2) is 30.6 Å². The minimum absolute atomic E-state index is 0.224. The molecule has 0 radical (unpaired) electrons. The van der Waals surface area contributed by atoms with Crippen molar-refractivity contribution in [1.29, 1.82) is 0 Å². The SMILES string of the molecule is CC(=O)SCCN1CCCC(N2CCc3cncc4cccc2c34)C1. The monoisotopic (exact) mass is 355 g/mol. The molecule has 1 aromatic heterocycles. The highest BCUT2D eigenvalue weighted by molar-refractivity contribution is 8.13. The van der Waals surface area contributed by atoms with Crippen molar-refractivity contribution in [2.75, 3.05) is 36.8 Å². The molecule has 0 bridgehead atoms. The fourth-order valence-electron chi connectivity index (χ4n) is 4.26. The molecule has 4 nitrogen and oxygen atoms in total. The van der Waals surface area contributed by atoms with Crippen LogP contribution in [0.2, 0.25) is 0 Å². The summed E-state index contributed by atoms with van der Waals surface area (Å²) in [5.41, 5.74) is 2.76. The minimum Gasteiger partial charge on any atom is -0.366 e. The molecule has 1 fully saturated rings. The number of nitrogens with zero attached hydrogens (tertiary/aromatic N) is 3. The molecule has 4 rings (SSSR count). The number of benzene rings is 1. The highest BCUT2D eigenvalue weighted by Crippen LogP contribution is 2.36. The number of hydrogen-bond acceptors (Lipinski definition) is 5. The number of pyridine rings is 1. The zero-order valence-corrected chi connectivity index (χ0v) is 15.6. The fraction of sp³-hybridized carbons (Fsp3) is 0.500. The first-order chi connectivity index (χ1) is 12.2. The molecule has 1 atom stereocenters. The van der Waals surface area contributed by atoms with Gasteiger partial charge in [0.25, 0.3) is 0 Å². The molecule has 132 valence electrons. The second kappa shape index (κ2) is 7.34. The van der Waals surface area contributed by atoms with E-state index in [0.29, 0.717) is 6.04 Å². The number of likely N-dealkylation sites (tertiary alicyclic amines) is 1. The van der Waals surface area contributed by atoms with Crippen LogP contribution in [0.4, 0.5) is 5.69 Å². The average Bonchev–Trinajstić information content (AvgIpc) is 2.62. The maximum atomic E-state index is 11.2. The Hall–Kier alpha value is -1.59. The summed E-state index contributed by atoms with van der Waals surface area (Å²) in [7, 11) is 0. The molecule has 0 N–H and O–H groups in total. The Morgan fingerprint density at radius 1 is 1.32 bits per heavy atom. The first-order valence-corrected chi connectivity index (χ1v) is 10.2. The molecule has 3 heterocycles. The van der Waals surface area contributed by atoms with Gasteiger partial charge in [-0.25, -0.2) is 0 Å². The van der Waals surface area contributed by atoms with Gasteiger partial charge >= 0.3 is 0 Å². The molecule has 25 heavy (non-hydrogen) atoms. The van der Waals surface area contributed by atoms with E-state index in [1.165, 1.54) is 46.6 Å². The molecule has 1 saturated heterocycles. The molecule has 0 spiro atoms. The number of piperidine rings is 1. The van der Waals surface area contributed by atoms with Gasteiger partial charge in [-0.2, -0.15) is 0 Å². The highest BCUT2D eigenvalue weighted by atomic mass is 32.2. The summed E-state index contributed by atoms with van der Waals surface area (Å²) >= 11 is 1.45. The van der Waals surface area contributed by atoms with Crippen molar-refractivity contribution in [2.24, 2.45) is 0 Å². The van der Waals surface area contributed by atoms with E-state index in [1.807, 2.05) is 12.4 Å². The van der Waals surface area contributed by atoms with Crippen LogP contribution in [-0.4, -0.2) is 53.0 Å². The lowest BCUT2D eigenvalue weighted by Crippen LogP contribution is -2.50. The summed E-state index contributed by atoms with van der Waals surface area (Å²) in [5, 5.41) is 2.87. The second-order valence-corrected chi connectivity index (χ2v) is 8.33. The van der Waals surface area contributed by atoms with Crippen molar-refractivity contribution < 1.29 is 4.79 Å². The van der Waals surface area contributed by atoms with Crippen molar-refractivity contribution in [3.05, 3.63) is 36.2 Å². The Bertz CT molecular complexity index is 773. The number of aromatic nitrogens is 1. The summed E-state index contributed by atoms with van der Waals surface area (Å²) in [6, 6.07) is 7.18. The molecule has 1 aromatic carbocycles. The quantitative estimate of drug-likeness (QED) is 0.841. The molecule has 0 saturated carbocycles. The number of thioether (sulfide) groups is 1. The number of rotatable bonds is 4. The van der Waals surface area contributed by atoms with E-state index in [-0.39, 0.29) is 5.12 Å². The molecule has 1 unspecified atom stereocenters. The summed E-state index contributed by atoms with van der Waals surface area (Å²) in [6.45, 7) is 6.02. The Kier molecular flexibility index (Phi) is 4.95. The maximum Gasteiger partial charge on any atom is 0.185 e. The first-order valence-electron chi connectivity index (χ1n) is 9.20. The lowest BCUT2D eigenvalue weighted by Gasteiger charge is -2.42. The molecule has 0 amide bonds. The van der Waals surface area contributed by atoms with Crippen LogP contribution < -0.4 is 4.90 Å². The Labute approximate surface area is 153 Å². The molecule has 5 heteroatoms. The molecule has 0 aliphatic carbocycles. The van der Waals surface area contributed by atoms with Gasteiger partial charge in [-0.15, -0.1) is 0 Å². The normalized spacial score (nSPS) is 20.8. The second-order valence-electron chi connectivity index (χ2n) is 7.05. The van der Waals surface area contributed by atoms with Crippen LogP contribution in [0.5, 0.6) is 0 Å². The van der Waals surface area contributed by atoms with Crippen LogP contribution in [-0.2, 0) is 11.2 Å². The van der Waals surface area contributed by atoms with Crippen molar-refractivity contribution in [1.82, 2.24) is 9.88 Å². The zero-order valence-electron chi connectivity index (χ0n) is 14.8. The Morgan fingerprint density at radius 3 is 3.12 bits per heavy atom. The van der Waals surface area contributed by atoms with Crippen LogP contribution in [0.25, 0.3) is 10.8 Å². The summed E-state index contributed by atoms with van der Waals surface area (Å²) < 4.78 is 0. The number of carbonyl (C=O) groups is 1. The molecular weight excluding hydrogens is 330 g/mol. The fourth-order valence-corrected chi connectivity index (χ4v) is 4.90. The van der Waals surface area contributed by atoms with Gasteiger partial charge in [0.15, 0.2) is 5.12 Å². The standard InChI is InChI=1S/C20H25N3OS/c1-15(24)25-11-10-22-8-3-5-18(14-22)23-9-7-17-13-21-12-16-4-2-6-19(23)20(16)17/h2,4,6,12-13,18H,3,5,7-11,14H2,1H3. The summed E-state index contributed by atoms with van der Waals surface area (Å²) in [4.78, 5) is 20.7. The third kappa shape index (κ3) is 3.53. The Morgan fingerprint density at radius 2 is 2.24 bits per heavy atom. The average molecular weight is 356 g/mol. The minimum atomic E-state index is 0.224. The maximum absolute atomic E-state index is 11.2. The van der Waals surface area contributed by atoms with Crippen LogP contribution in [0.3, 0.4) is 0 Å². The third-order valence-electron chi connectivity index (χ3n) is 5.41. The van der Waals surface area contributed by atoms with Crippen molar-refractivity contribution >= 4 is 33.3 Å². The summed E-state index contributed by atoms with van der Waals surface area (Å²) in [6.07, 6.45) is 7.60. The molecular formula is C20H25N3OS. The third-order valence-corrected chi connectivity index (χ3v) is 6.20. The van der Waals surface area contributed by atoms with Gasteiger partial charge in [0, 0.05) is 67.2 Å². The lowest BCUT2D eigenvalue weighted by atomic mass is 9.95. The van der Waals surface area contributed by atoms with Crippen molar-refractivity contribution in [3.8, 4) is 0 Å². The topological polar surface area (TPSA) is 36.4 Å². The van der Waals surface area contributed by atoms with E-state index in [4.69, 9.17) is 0 Å². The van der Waals surface area contributed by atoms with Gasteiger partial charge < -0.3 is 9.80 Å². The lowest BCUT2D eigenvalue weighted by molar-refractivity contribution is -0.109. The van der Waals surface area contributed by atoms with E-state index < -0.39 is 0 Å². The van der Waals surface area contributed by atoms with E-state index in [1.54, 1.807) is 6.92 Å². The number of hydrogen-bond donors (Lipinski definition) is 0. The highest BCUT2D eigenvalue weighted by Gasteiger charge is 2.29. The first kappa shape index (κ1) is 16.9. The molecule has 2 aliphatic rings. The largest absolute Gasteiger partial charge is 0.366 e. The van der Waals surface area contributed by atoms with Crippen LogP contribution in [0, 0.1) is 0 Å². The van der Waals surface area contributed by atoms with Crippen molar-refractivity contribution in [3.63, 3.8) is 0 Å². The smallest absolute Gasteiger partial charge is 0.185 e. The molecule has 2 aromatic rings. The van der Waals surface area contributed by atoms with Gasteiger partial charge in [0.05, 0.1) is 0 Å².